The molecule has 1 aromatic carbocycles. The van der Waals surface area contributed by atoms with Gasteiger partial charge >= 0.3 is 0 Å². The second kappa shape index (κ2) is 5.61. The molecule has 0 aromatic heterocycles. The van der Waals surface area contributed by atoms with Crippen molar-refractivity contribution in [3.8, 4) is 11.5 Å². The second-order valence-corrected chi connectivity index (χ2v) is 4.52. The predicted octanol–water partition coefficient (Wildman–Crippen LogP) is 3.78. The molecule has 0 aliphatic heterocycles. The Morgan fingerprint density at radius 2 is 2.00 bits per heavy atom. The van der Waals surface area contributed by atoms with E-state index in [1.807, 2.05) is 18.2 Å². The Morgan fingerprint density at radius 1 is 1.25 bits per heavy atom. The van der Waals surface area contributed by atoms with Gasteiger partial charge in [-0.2, -0.15) is 0 Å². The lowest BCUT2D eigenvalue weighted by Gasteiger charge is -2.16. The lowest BCUT2D eigenvalue weighted by molar-refractivity contribution is 0.201. The molecule has 0 spiro atoms. The molecule has 3 nitrogen and oxygen atoms in total. The van der Waals surface area contributed by atoms with E-state index in [0.29, 0.717) is 6.10 Å². The van der Waals surface area contributed by atoms with Crippen LogP contribution in [-0.2, 0) is 0 Å². The van der Waals surface area contributed by atoms with Gasteiger partial charge in [-0.15, -0.1) is 0 Å². The van der Waals surface area contributed by atoms with Crippen LogP contribution < -0.4 is 13.0 Å². The fourth-order valence-electron chi connectivity index (χ4n) is 2.01. The van der Waals surface area contributed by atoms with Crippen molar-refractivity contribution in [2.75, 3.05) is 10.6 Å². The first-order valence-corrected chi connectivity index (χ1v) is 6.62. The third kappa shape index (κ3) is 2.72. The summed E-state index contributed by atoms with van der Waals surface area (Å²) in [6, 6.07) is 5.90. The molecule has 0 unspecified atom stereocenters. The zero-order chi connectivity index (χ0) is 11.4. The molecule has 1 aromatic rings. The lowest BCUT2D eigenvalue weighted by Crippen LogP contribution is -2.11. The van der Waals surface area contributed by atoms with Gasteiger partial charge in [-0.3, -0.25) is 0 Å². The molecule has 0 atom stereocenters. The molecule has 0 bridgehead atoms. The smallest absolute Gasteiger partial charge is 0.163 e. The first-order valence-electron chi connectivity index (χ1n) is 5.55. The molecule has 88 valence electrons. The summed E-state index contributed by atoms with van der Waals surface area (Å²) in [4.78, 5) is 0. The molecule has 2 rings (SSSR count). The first-order chi connectivity index (χ1) is 7.83. The molecule has 1 N–H and O–H groups in total. The standard InChI is InChI=1S/C12H16INO2/c1-15-11-7-6-9(14-13)8-12(11)16-10-4-2-3-5-10/h6-8,10,14H,2-5H2,1H3. The molecule has 0 heterocycles. The van der Waals surface area contributed by atoms with Crippen molar-refractivity contribution in [3.63, 3.8) is 0 Å². The Labute approximate surface area is 110 Å². The van der Waals surface area contributed by atoms with Crippen molar-refractivity contribution < 1.29 is 9.47 Å². The predicted molar refractivity (Wildman–Crippen MR) is 73.5 cm³/mol. The molecule has 1 aliphatic carbocycles. The molecule has 16 heavy (non-hydrogen) atoms. The van der Waals surface area contributed by atoms with Crippen LogP contribution in [0.4, 0.5) is 5.69 Å². The molecule has 1 fully saturated rings. The minimum absolute atomic E-state index is 0.360. The summed E-state index contributed by atoms with van der Waals surface area (Å²) in [6.45, 7) is 0. The monoisotopic (exact) mass is 333 g/mol. The zero-order valence-electron chi connectivity index (χ0n) is 9.33. The average molecular weight is 333 g/mol. The molecule has 0 radical (unpaired) electrons. The van der Waals surface area contributed by atoms with E-state index in [0.717, 1.165) is 30.0 Å². The fraction of sp³-hybridized carbons (Fsp3) is 0.500. The van der Waals surface area contributed by atoms with E-state index in [9.17, 15) is 0 Å². The van der Waals surface area contributed by atoms with Gasteiger partial charge in [-0.05, 0) is 37.8 Å². The molecule has 1 aliphatic rings. The summed E-state index contributed by atoms with van der Waals surface area (Å²) in [5.74, 6) is 1.65. The maximum absolute atomic E-state index is 5.97. The summed E-state index contributed by atoms with van der Waals surface area (Å²) >= 11 is 2.11. The summed E-state index contributed by atoms with van der Waals surface area (Å²) in [5, 5.41) is 0. The maximum atomic E-state index is 5.97. The Morgan fingerprint density at radius 3 is 2.62 bits per heavy atom. The molecule has 0 amide bonds. The molecule has 1 saturated carbocycles. The molecule has 0 saturated heterocycles. The van der Waals surface area contributed by atoms with E-state index in [2.05, 4.69) is 26.4 Å². The van der Waals surface area contributed by atoms with Crippen molar-refractivity contribution in [1.82, 2.24) is 0 Å². The van der Waals surface area contributed by atoms with Gasteiger partial charge in [-0.25, -0.2) is 0 Å². The summed E-state index contributed by atoms with van der Waals surface area (Å²) < 4.78 is 14.3. The third-order valence-corrected chi connectivity index (χ3v) is 3.49. The van der Waals surface area contributed by atoms with E-state index < -0.39 is 0 Å². The number of methoxy groups -OCH3 is 1. The average Bonchev–Trinajstić information content (AvgIpc) is 2.82. The van der Waals surface area contributed by atoms with Crippen molar-refractivity contribution >= 4 is 28.6 Å². The van der Waals surface area contributed by atoms with Crippen LogP contribution in [0, 0.1) is 0 Å². The second-order valence-electron chi connectivity index (χ2n) is 3.98. The summed E-state index contributed by atoms with van der Waals surface area (Å²) in [6.07, 6.45) is 5.23. The van der Waals surface area contributed by atoms with Crippen LogP contribution >= 0.6 is 22.9 Å². The van der Waals surface area contributed by atoms with E-state index in [-0.39, 0.29) is 0 Å². The van der Waals surface area contributed by atoms with Gasteiger partial charge in [0.05, 0.1) is 36.1 Å². The number of benzene rings is 1. The molecule has 4 heteroatoms. The summed E-state index contributed by atoms with van der Waals surface area (Å²) in [7, 11) is 1.67. The highest BCUT2D eigenvalue weighted by atomic mass is 127. The SMILES string of the molecule is COc1ccc(NI)cc1OC1CCCC1. The van der Waals surface area contributed by atoms with E-state index in [1.54, 1.807) is 7.11 Å². The van der Waals surface area contributed by atoms with Gasteiger partial charge in [0.15, 0.2) is 11.5 Å². The zero-order valence-corrected chi connectivity index (χ0v) is 11.5. The van der Waals surface area contributed by atoms with Crippen LogP contribution in [0.1, 0.15) is 25.7 Å². The molecular formula is C12H16INO2. The van der Waals surface area contributed by atoms with Crippen LogP contribution in [0.25, 0.3) is 0 Å². The Kier molecular flexibility index (Phi) is 4.15. The van der Waals surface area contributed by atoms with Crippen molar-refractivity contribution in [2.24, 2.45) is 0 Å². The normalized spacial score (nSPS) is 16.1. The number of hydrogen-bond acceptors (Lipinski definition) is 3. The van der Waals surface area contributed by atoms with Gasteiger partial charge in [0, 0.05) is 11.8 Å². The number of rotatable bonds is 4. The van der Waals surface area contributed by atoms with Crippen molar-refractivity contribution in [2.45, 2.75) is 31.8 Å². The third-order valence-electron chi connectivity index (χ3n) is 2.87. The van der Waals surface area contributed by atoms with Crippen molar-refractivity contribution in [3.05, 3.63) is 18.2 Å². The Bertz CT molecular complexity index is 351. The maximum Gasteiger partial charge on any atom is 0.163 e. The van der Waals surface area contributed by atoms with Gasteiger partial charge in [0.1, 0.15) is 0 Å². The van der Waals surface area contributed by atoms with Crippen LogP contribution in [0.15, 0.2) is 18.2 Å². The number of hydrogen-bond donors (Lipinski definition) is 1. The molecular weight excluding hydrogens is 317 g/mol. The van der Waals surface area contributed by atoms with Crippen LogP contribution in [0.5, 0.6) is 11.5 Å². The van der Waals surface area contributed by atoms with Gasteiger partial charge < -0.3 is 13.0 Å². The van der Waals surface area contributed by atoms with Crippen molar-refractivity contribution in [1.29, 1.82) is 0 Å². The Balaban J connectivity index is 2.15. The largest absolute Gasteiger partial charge is 0.493 e. The summed E-state index contributed by atoms with van der Waals surface area (Å²) in [5.41, 5.74) is 1.04. The highest BCUT2D eigenvalue weighted by Crippen LogP contribution is 2.34. The number of halogens is 1. The quantitative estimate of drug-likeness (QED) is 0.672. The minimum Gasteiger partial charge on any atom is -0.493 e. The fourth-order valence-corrected chi connectivity index (χ4v) is 2.35. The van der Waals surface area contributed by atoms with Crippen LogP contribution in [0.3, 0.4) is 0 Å². The van der Waals surface area contributed by atoms with E-state index in [4.69, 9.17) is 9.47 Å². The van der Waals surface area contributed by atoms with E-state index >= 15 is 0 Å². The number of nitrogens with one attached hydrogen (secondary N) is 1. The highest BCUT2D eigenvalue weighted by Gasteiger charge is 2.18. The van der Waals surface area contributed by atoms with E-state index in [1.165, 1.54) is 12.8 Å². The van der Waals surface area contributed by atoms with Crippen LogP contribution in [-0.4, -0.2) is 13.2 Å². The topological polar surface area (TPSA) is 30.5 Å². The number of ether oxygens (including phenoxy) is 2. The van der Waals surface area contributed by atoms with Gasteiger partial charge in [-0.1, -0.05) is 0 Å². The number of anilines is 1. The van der Waals surface area contributed by atoms with Crippen LogP contribution in [0.2, 0.25) is 0 Å². The van der Waals surface area contributed by atoms with Gasteiger partial charge in [0.25, 0.3) is 0 Å². The minimum atomic E-state index is 0.360. The Hall–Kier alpha value is -0.650. The lowest BCUT2D eigenvalue weighted by atomic mass is 10.2. The highest BCUT2D eigenvalue weighted by molar-refractivity contribution is 14.1. The van der Waals surface area contributed by atoms with Gasteiger partial charge in [0.2, 0.25) is 0 Å². The first kappa shape index (κ1) is 11.8.